The summed E-state index contributed by atoms with van der Waals surface area (Å²) in [5.41, 5.74) is 1.66. The van der Waals surface area contributed by atoms with Gasteiger partial charge in [-0.2, -0.15) is 0 Å². The number of rotatable bonds is 5. The lowest BCUT2D eigenvalue weighted by Crippen LogP contribution is -2.27. The number of benzene rings is 1. The molecule has 3 rings (SSSR count). The fourth-order valence-electron chi connectivity index (χ4n) is 2.34. The molecule has 1 heterocycles. The molecule has 1 fully saturated rings. The lowest BCUT2D eigenvalue weighted by Gasteiger charge is -2.09. The van der Waals surface area contributed by atoms with E-state index >= 15 is 0 Å². The monoisotopic (exact) mass is 348 g/mol. The van der Waals surface area contributed by atoms with Crippen molar-refractivity contribution in [3.8, 4) is 0 Å². The highest BCUT2D eigenvalue weighted by Crippen LogP contribution is 2.35. The zero-order chi connectivity index (χ0) is 14.8. The Hall–Kier alpha value is -1.69. The number of carbonyl (C=O) groups is 1. The first-order valence-electron chi connectivity index (χ1n) is 7.08. The third kappa shape index (κ3) is 3.15. The first-order valence-corrected chi connectivity index (χ1v) is 7.88. The molecule has 110 valence electrons. The van der Waals surface area contributed by atoms with Crippen LogP contribution in [-0.4, -0.2) is 27.2 Å². The lowest BCUT2D eigenvalue weighted by atomic mass is 10.1. The molecule has 1 aromatic carbocycles. The topological polar surface area (TPSA) is 59.8 Å². The van der Waals surface area contributed by atoms with Crippen molar-refractivity contribution in [3.63, 3.8) is 0 Å². The summed E-state index contributed by atoms with van der Waals surface area (Å²) in [4.78, 5) is 12.2. The van der Waals surface area contributed by atoms with Gasteiger partial charge in [-0.1, -0.05) is 22.0 Å². The third-order valence-corrected chi connectivity index (χ3v) is 4.59. The molecule has 1 saturated carbocycles. The van der Waals surface area contributed by atoms with Crippen molar-refractivity contribution in [2.75, 3.05) is 6.54 Å². The minimum Gasteiger partial charge on any atom is -0.352 e. The maximum atomic E-state index is 12.2. The van der Waals surface area contributed by atoms with Crippen molar-refractivity contribution in [2.45, 2.75) is 32.2 Å². The molecule has 0 aliphatic heterocycles. The molecule has 0 radical (unpaired) electrons. The van der Waals surface area contributed by atoms with Crippen LogP contribution in [0.2, 0.25) is 0 Å². The highest BCUT2D eigenvalue weighted by atomic mass is 79.9. The molecule has 1 aliphatic rings. The zero-order valence-corrected chi connectivity index (χ0v) is 13.4. The van der Waals surface area contributed by atoms with E-state index in [0.29, 0.717) is 24.6 Å². The summed E-state index contributed by atoms with van der Waals surface area (Å²) in [7, 11) is 0. The molecule has 1 N–H and O–H groups in total. The first kappa shape index (κ1) is 14.3. The summed E-state index contributed by atoms with van der Waals surface area (Å²) in [5, 5.41) is 11.0. The average molecular weight is 349 g/mol. The quantitative estimate of drug-likeness (QED) is 0.903. The second-order valence-electron chi connectivity index (χ2n) is 5.30. The number of nitrogens with zero attached hydrogens (tertiary/aromatic N) is 3. The second kappa shape index (κ2) is 5.97. The van der Waals surface area contributed by atoms with E-state index in [1.54, 1.807) is 6.33 Å². The number of hydrogen-bond donors (Lipinski definition) is 1. The Morgan fingerprint density at radius 3 is 3.05 bits per heavy atom. The van der Waals surface area contributed by atoms with E-state index in [-0.39, 0.29) is 5.91 Å². The van der Waals surface area contributed by atoms with Gasteiger partial charge in [-0.15, -0.1) is 10.2 Å². The summed E-state index contributed by atoms with van der Waals surface area (Å²) >= 11 is 3.44. The Morgan fingerprint density at radius 2 is 2.29 bits per heavy atom. The molecule has 0 atom stereocenters. The molecule has 2 aromatic rings. The van der Waals surface area contributed by atoms with Gasteiger partial charge >= 0.3 is 0 Å². The van der Waals surface area contributed by atoms with Crippen LogP contribution in [-0.2, 0) is 6.42 Å². The minimum absolute atomic E-state index is 0.0497. The van der Waals surface area contributed by atoms with Crippen molar-refractivity contribution in [3.05, 3.63) is 46.0 Å². The maximum Gasteiger partial charge on any atom is 0.251 e. The summed E-state index contributed by atoms with van der Waals surface area (Å²) in [5.74, 6) is 0.898. The fourth-order valence-corrected chi connectivity index (χ4v) is 2.71. The van der Waals surface area contributed by atoms with Gasteiger partial charge in [0.1, 0.15) is 12.2 Å². The van der Waals surface area contributed by atoms with Gasteiger partial charge in [0.25, 0.3) is 5.91 Å². The number of hydrogen-bond acceptors (Lipinski definition) is 3. The smallest absolute Gasteiger partial charge is 0.251 e. The van der Waals surface area contributed by atoms with Crippen LogP contribution in [0.1, 0.15) is 40.6 Å². The van der Waals surface area contributed by atoms with Crippen molar-refractivity contribution in [1.29, 1.82) is 0 Å². The predicted molar refractivity (Wildman–Crippen MR) is 83.2 cm³/mol. The van der Waals surface area contributed by atoms with E-state index < -0.39 is 0 Å². The molecule has 1 aromatic heterocycles. The summed E-state index contributed by atoms with van der Waals surface area (Å²) in [6.07, 6.45) is 4.89. The second-order valence-corrected chi connectivity index (χ2v) is 6.16. The van der Waals surface area contributed by atoms with Gasteiger partial charge in [0.15, 0.2) is 0 Å². The van der Waals surface area contributed by atoms with E-state index in [9.17, 15) is 4.79 Å². The van der Waals surface area contributed by atoms with Crippen LogP contribution >= 0.6 is 15.9 Å². The normalized spacial score (nSPS) is 14.2. The first-order chi connectivity index (χ1) is 10.2. The Labute approximate surface area is 131 Å². The number of amides is 1. The Kier molecular flexibility index (Phi) is 4.05. The highest BCUT2D eigenvalue weighted by Gasteiger charge is 2.25. The Morgan fingerprint density at radius 1 is 1.48 bits per heavy atom. The van der Waals surface area contributed by atoms with Gasteiger partial charge in [0, 0.05) is 29.0 Å². The van der Waals surface area contributed by atoms with Gasteiger partial charge in [0.05, 0.1) is 0 Å². The molecule has 0 saturated heterocycles. The molecule has 21 heavy (non-hydrogen) atoms. The van der Waals surface area contributed by atoms with Crippen molar-refractivity contribution in [2.24, 2.45) is 0 Å². The summed E-state index contributed by atoms with van der Waals surface area (Å²) in [6.45, 7) is 2.50. The number of carbonyl (C=O) groups excluding carboxylic acids is 1. The van der Waals surface area contributed by atoms with E-state index in [1.165, 1.54) is 12.8 Å². The molecular weight excluding hydrogens is 332 g/mol. The minimum atomic E-state index is -0.0497. The van der Waals surface area contributed by atoms with E-state index in [1.807, 2.05) is 25.1 Å². The van der Waals surface area contributed by atoms with Crippen LogP contribution in [0, 0.1) is 6.92 Å². The standard InChI is InChI=1S/C15H17BrN4O/c1-10-12(3-2-4-13(10)16)15(21)17-8-7-14-19-18-9-20(14)11-5-6-11/h2-4,9,11H,5-8H2,1H3,(H,17,21). The van der Waals surface area contributed by atoms with Crippen molar-refractivity contribution in [1.82, 2.24) is 20.1 Å². The van der Waals surface area contributed by atoms with Crippen LogP contribution in [0.4, 0.5) is 0 Å². The molecule has 5 nitrogen and oxygen atoms in total. The molecule has 0 bridgehead atoms. The fraction of sp³-hybridized carbons (Fsp3) is 0.400. The average Bonchev–Trinajstić information content (AvgIpc) is 3.21. The van der Waals surface area contributed by atoms with Gasteiger partial charge < -0.3 is 9.88 Å². The molecule has 1 aliphatic carbocycles. The molecule has 0 spiro atoms. The van der Waals surface area contributed by atoms with Gasteiger partial charge in [-0.05, 0) is 37.5 Å². The molecular formula is C15H17BrN4O. The van der Waals surface area contributed by atoms with E-state index in [0.717, 1.165) is 15.9 Å². The largest absolute Gasteiger partial charge is 0.352 e. The third-order valence-electron chi connectivity index (χ3n) is 3.73. The predicted octanol–water partition coefficient (Wildman–Crippen LogP) is 2.66. The Balaban J connectivity index is 1.58. The SMILES string of the molecule is Cc1c(Br)cccc1C(=O)NCCc1nncn1C1CC1. The van der Waals surface area contributed by atoms with Gasteiger partial charge in [-0.25, -0.2) is 0 Å². The van der Waals surface area contributed by atoms with Crippen molar-refractivity contribution < 1.29 is 4.79 Å². The summed E-state index contributed by atoms with van der Waals surface area (Å²) in [6, 6.07) is 6.21. The van der Waals surface area contributed by atoms with Crippen LogP contribution in [0.25, 0.3) is 0 Å². The molecule has 6 heteroatoms. The van der Waals surface area contributed by atoms with Gasteiger partial charge in [0.2, 0.25) is 0 Å². The summed E-state index contributed by atoms with van der Waals surface area (Å²) < 4.78 is 3.07. The number of nitrogens with one attached hydrogen (secondary N) is 1. The maximum absolute atomic E-state index is 12.2. The van der Waals surface area contributed by atoms with Crippen LogP contribution in [0.5, 0.6) is 0 Å². The van der Waals surface area contributed by atoms with Crippen LogP contribution < -0.4 is 5.32 Å². The highest BCUT2D eigenvalue weighted by molar-refractivity contribution is 9.10. The number of aromatic nitrogens is 3. The zero-order valence-electron chi connectivity index (χ0n) is 11.8. The van der Waals surface area contributed by atoms with E-state index in [2.05, 4.69) is 36.0 Å². The molecule has 1 amide bonds. The van der Waals surface area contributed by atoms with Gasteiger partial charge in [-0.3, -0.25) is 4.79 Å². The van der Waals surface area contributed by atoms with Crippen LogP contribution in [0.15, 0.2) is 29.0 Å². The van der Waals surface area contributed by atoms with Crippen molar-refractivity contribution >= 4 is 21.8 Å². The number of halogens is 1. The van der Waals surface area contributed by atoms with E-state index in [4.69, 9.17) is 0 Å². The lowest BCUT2D eigenvalue weighted by molar-refractivity contribution is 0.0953. The Bertz CT molecular complexity index is 663. The molecule has 0 unspecified atom stereocenters. The van der Waals surface area contributed by atoms with Crippen LogP contribution in [0.3, 0.4) is 0 Å².